The lowest BCUT2D eigenvalue weighted by atomic mass is 10.0. The number of para-hydroxylation sites is 1. The molecule has 0 saturated heterocycles. The summed E-state index contributed by atoms with van der Waals surface area (Å²) in [4.78, 5) is 16.0. The third-order valence-electron chi connectivity index (χ3n) is 3.06. The number of benzene rings is 1. The second kappa shape index (κ2) is 4.27. The van der Waals surface area contributed by atoms with E-state index >= 15 is 0 Å². The number of pyridine rings is 2. The predicted octanol–water partition coefficient (Wildman–Crippen LogP) is 1.71. The number of nitrogens with zero attached hydrogens (tertiary/aromatic N) is 2. The number of rotatable bonds is 1. The molecule has 0 fully saturated rings. The Morgan fingerprint density at radius 2 is 1.80 bits per heavy atom. The molecular formula is C14H10N2O4. The van der Waals surface area contributed by atoms with Gasteiger partial charge in [0.1, 0.15) is 11.5 Å². The van der Waals surface area contributed by atoms with Crippen LogP contribution in [-0.4, -0.2) is 25.1 Å². The van der Waals surface area contributed by atoms with Gasteiger partial charge in [-0.25, -0.2) is 4.98 Å². The van der Waals surface area contributed by atoms with E-state index in [0.717, 1.165) is 0 Å². The van der Waals surface area contributed by atoms with Gasteiger partial charge in [0.25, 0.3) is 5.56 Å². The fourth-order valence-corrected chi connectivity index (χ4v) is 2.12. The molecule has 0 unspecified atom stereocenters. The SMILES string of the molecule is O=c1c(-c2ccccc2O)c(O)c2cccnc2n1O. The maximum absolute atomic E-state index is 12.2. The zero-order chi connectivity index (χ0) is 14.3. The van der Waals surface area contributed by atoms with Crippen molar-refractivity contribution in [1.82, 2.24) is 9.71 Å². The highest BCUT2D eigenvalue weighted by molar-refractivity contribution is 5.90. The van der Waals surface area contributed by atoms with Crippen LogP contribution >= 0.6 is 0 Å². The van der Waals surface area contributed by atoms with Gasteiger partial charge in [-0.15, -0.1) is 4.73 Å². The van der Waals surface area contributed by atoms with Crippen molar-refractivity contribution in [3.63, 3.8) is 0 Å². The van der Waals surface area contributed by atoms with E-state index in [1.54, 1.807) is 18.2 Å². The average molecular weight is 270 g/mol. The summed E-state index contributed by atoms with van der Waals surface area (Å²) < 4.78 is 0.358. The van der Waals surface area contributed by atoms with Crippen molar-refractivity contribution in [3.05, 3.63) is 52.9 Å². The van der Waals surface area contributed by atoms with Gasteiger partial charge < -0.3 is 15.4 Å². The summed E-state index contributed by atoms with van der Waals surface area (Å²) in [6.07, 6.45) is 1.40. The van der Waals surface area contributed by atoms with Crippen LogP contribution in [0.2, 0.25) is 0 Å². The molecule has 100 valence electrons. The Kier molecular flexibility index (Phi) is 2.57. The molecule has 0 amide bonds. The maximum Gasteiger partial charge on any atom is 0.296 e. The van der Waals surface area contributed by atoms with E-state index in [2.05, 4.69) is 4.98 Å². The van der Waals surface area contributed by atoms with Gasteiger partial charge in [0.15, 0.2) is 5.65 Å². The minimum absolute atomic E-state index is 0.0471. The second-order valence-electron chi connectivity index (χ2n) is 4.23. The van der Waals surface area contributed by atoms with E-state index in [1.165, 1.54) is 24.4 Å². The lowest BCUT2D eigenvalue weighted by Gasteiger charge is -2.10. The summed E-state index contributed by atoms with van der Waals surface area (Å²) in [5.74, 6) is -0.493. The summed E-state index contributed by atoms with van der Waals surface area (Å²) in [6, 6.07) is 9.17. The summed E-state index contributed by atoms with van der Waals surface area (Å²) in [7, 11) is 0. The van der Waals surface area contributed by atoms with Crippen LogP contribution in [0.15, 0.2) is 47.4 Å². The molecule has 1 aromatic carbocycles. The Balaban J connectivity index is 2.50. The van der Waals surface area contributed by atoms with Crippen LogP contribution in [0, 0.1) is 0 Å². The number of hydrogen-bond acceptors (Lipinski definition) is 5. The number of fused-ring (bicyclic) bond motifs is 1. The third kappa shape index (κ3) is 1.58. The van der Waals surface area contributed by atoms with Crippen molar-refractivity contribution >= 4 is 11.0 Å². The molecule has 0 spiro atoms. The van der Waals surface area contributed by atoms with Crippen molar-refractivity contribution in [3.8, 4) is 22.6 Å². The van der Waals surface area contributed by atoms with Gasteiger partial charge >= 0.3 is 0 Å². The number of aromatic hydroxyl groups is 2. The molecule has 0 saturated carbocycles. The zero-order valence-electron chi connectivity index (χ0n) is 10.2. The molecule has 2 aromatic heterocycles. The smallest absolute Gasteiger partial charge is 0.296 e. The number of aromatic nitrogens is 2. The van der Waals surface area contributed by atoms with Crippen molar-refractivity contribution < 1.29 is 15.4 Å². The summed E-state index contributed by atoms with van der Waals surface area (Å²) in [6.45, 7) is 0. The quantitative estimate of drug-likeness (QED) is 0.585. The van der Waals surface area contributed by atoms with E-state index in [1.807, 2.05) is 0 Å². The lowest BCUT2D eigenvalue weighted by Crippen LogP contribution is -2.20. The molecule has 0 radical (unpaired) electrons. The highest BCUT2D eigenvalue weighted by Crippen LogP contribution is 2.35. The van der Waals surface area contributed by atoms with Crippen LogP contribution in [0.4, 0.5) is 0 Å². The molecule has 0 atom stereocenters. The Bertz CT molecular complexity index is 871. The van der Waals surface area contributed by atoms with E-state index in [0.29, 0.717) is 4.73 Å². The van der Waals surface area contributed by atoms with E-state index < -0.39 is 5.56 Å². The molecule has 0 bridgehead atoms. The van der Waals surface area contributed by atoms with Crippen LogP contribution < -0.4 is 5.56 Å². The second-order valence-corrected chi connectivity index (χ2v) is 4.23. The molecule has 3 aromatic rings. The lowest BCUT2D eigenvalue weighted by molar-refractivity contribution is 0.186. The Morgan fingerprint density at radius 1 is 1.05 bits per heavy atom. The maximum atomic E-state index is 12.2. The number of phenolic OH excluding ortho intramolecular Hbond substituents is 1. The summed E-state index contributed by atoms with van der Waals surface area (Å²) in [5.41, 5.74) is -0.931. The first-order valence-electron chi connectivity index (χ1n) is 5.81. The summed E-state index contributed by atoms with van der Waals surface area (Å²) >= 11 is 0. The van der Waals surface area contributed by atoms with E-state index in [4.69, 9.17) is 0 Å². The predicted molar refractivity (Wildman–Crippen MR) is 72.0 cm³/mol. The van der Waals surface area contributed by atoms with Gasteiger partial charge in [-0.05, 0) is 18.2 Å². The molecule has 6 heteroatoms. The number of hydrogen-bond donors (Lipinski definition) is 3. The average Bonchev–Trinajstić information content (AvgIpc) is 2.47. The van der Waals surface area contributed by atoms with Crippen molar-refractivity contribution in [2.75, 3.05) is 0 Å². The molecule has 3 rings (SSSR count). The molecule has 6 nitrogen and oxygen atoms in total. The molecule has 0 aliphatic carbocycles. The third-order valence-corrected chi connectivity index (χ3v) is 3.06. The Hall–Kier alpha value is -3.02. The zero-order valence-corrected chi connectivity index (χ0v) is 10.2. The number of phenols is 1. The molecule has 2 heterocycles. The minimum Gasteiger partial charge on any atom is -0.507 e. The summed E-state index contributed by atoms with van der Waals surface area (Å²) in [5, 5.41) is 30.2. The largest absolute Gasteiger partial charge is 0.507 e. The Morgan fingerprint density at radius 3 is 2.55 bits per heavy atom. The van der Waals surface area contributed by atoms with Crippen LogP contribution in [0.1, 0.15) is 0 Å². The first kappa shape index (κ1) is 12.0. The van der Waals surface area contributed by atoms with Crippen LogP contribution in [0.5, 0.6) is 11.5 Å². The molecule has 20 heavy (non-hydrogen) atoms. The topological polar surface area (TPSA) is 95.6 Å². The van der Waals surface area contributed by atoms with E-state index in [9.17, 15) is 20.2 Å². The molecule has 0 aliphatic heterocycles. The minimum atomic E-state index is -0.852. The highest BCUT2D eigenvalue weighted by atomic mass is 16.5. The van der Waals surface area contributed by atoms with Crippen LogP contribution in [-0.2, 0) is 0 Å². The van der Waals surface area contributed by atoms with E-state index in [-0.39, 0.29) is 33.7 Å². The standard InChI is InChI=1S/C14H10N2O4/c17-10-6-2-1-4-8(10)11-12(18)9-5-3-7-15-13(9)16(20)14(11)19/h1-7,17-18,20H. The van der Waals surface area contributed by atoms with Crippen molar-refractivity contribution in [2.24, 2.45) is 0 Å². The highest BCUT2D eigenvalue weighted by Gasteiger charge is 2.20. The van der Waals surface area contributed by atoms with Crippen LogP contribution in [0.3, 0.4) is 0 Å². The van der Waals surface area contributed by atoms with Crippen molar-refractivity contribution in [1.29, 1.82) is 0 Å². The van der Waals surface area contributed by atoms with Gasteiger partial charge in [0, 0.05) is 11.8 Å². The van der Waals surface area contributed by atoms with Gasteiger partial charge in [-0.3, -0.25) is 4.79 Å². The molecule has 0 aliphatic rings. The van der Waals surface area contributed by atoms with Gasteiger partial charge in [0.2, 0.25) is 0 Å². The fraction of sp³-hybridized carbons (Fsp3) is 0. The molecule has 3 N–H and O–H groups in total. The molecular weight excluding hydrogens is 260 g/mol. The van der Waals surface area contributed by atoms with Gasteiger partial charge in [0.05, 0.1) is 10.9 Å². The van der Waals surface area contributed by atoms with Gasteiger partial charge in [-0.1, -0.05) is 18.2 Å². The first-order chi connectivity index (χ1) is 9.61. The first-order valence-corrected chi connectivity index (χ1v) is 5.81. The Labute approximate surface area is 112 Å². The van der Waals surface area contributed by atoms with Gasteiger partial charge in [-0.2, -0.15) is 0 Å². The van der Waals surface area contributed by atoms with Crippen molar-refractivity contribution in [2.45, 2.75) is 0 Å². The normalized spacial score (nSPS) is 10.8. The van der Waals surface area contributed by atoms with Crippen LogP contribution in [0.25, 0.3) is 22.2 Å². The monoisotopic (exact) mass is 270 g/mol. The fourth-order valence-electron chi connectivity index (χ4n) is 2.12.